The van der Waals surface area contributed by atoms with Crippen molar-refractivity contribution < 1.29 is 9.00 Å². The predicted molar refractivity (Wildman–Crippen MR) is 95.1 cm³/mol. The van der Waals surface area contributed by atoms with Crippen LogP contribution in [-0.4, -0.2) is 45.5 Å². The topological polar surface area (TPSA) is 49.4 Å². The Hall–Kier alpha value is -1.01. The molecule has 0 aliphatic carbocycles. The van der Waals surface area contributed by atoms with Gasteiger partial charge in [0, 0.05) is 46.0 Å². The minimum atomic E-state index is -0.990. The summed E-state index contributed by atoms with van der Waals surface area (Å²) >= 11 is 1.94. The molecule has 1 N–H and O–H groups in total. The molecule has 2 unspecified atom stereocenters. The minimum Gasteiger partial charge on any atom is -0.323 e. The minimum absolute atomic E-state index is 0.0334. The molecule has 0 aromatic heterocycles. The molecule has 0 radical (unpaired) electrons. The van der Waals surface area contributed by atoms with Gasteiger partial charge in [-0.05, 0) is 42.9 Å². The van der Waals surface area contributed by atoms with E-state index in [1.54, 1.807) is 18.4 Å². The van der Waals surface area contributed by atoms with Crippen LogP contribution in [0, 0.1) is 0 Å². The Morgan fingerprint density at radius 3 is 2.73 bits per heavy atom. The number of likely N-dealkylation sites (tertiary alicyclic amines) is 1. The van der Waals surface area contributed by atoms with Crippen molar-refractivity contribution >= 4 is 34.3 Å². The Bertz CT molecular complexity index is 519. The van der Waals surface area contributed by atoms with Crippen LogP contribution in [0.1, 0.15) is 26.2 Å². The summed E-state index contributed by atoms with van der Waals surface area (Å²) in [4.78, 5) is 15.1. The van der Waals surface area contributed by atoms with Gasteiger partial charge in [0.1, 0.15) is 0 Å². The first-order chi connectivity index (χ1) is 10.6. The summed E-state index contributed by atoms with van der Waals surface area (Å²) in [6.07, 6.45) is 5.11. The molecular weight excluding hydrogens is 316 g/mol. The molecule has 2 amide bonds. The number of benzene rings is 1. The van der Waals surface area contributed by atoms with E-state index in [2.05, 4.69) is 12.2 Å². The zero-order valence-corrected chi connectivity index (χ0v) is 14.8. The zero-order chi connectivity index (χ0) is 15.9. The smallest absolute Gasteiger partial charge is 0.321 e. The Balaban J connectivity index is 1.96. The van der Waals surface area contributed by atoms with Gasteiger partial charge in [0.2, 0.25) is 0 Å². The summed E-state index contributed by atoms with van der Waals surface area (Å²) in [7, 11) is -0.990. The van der Waals surface area contributed by atoms with E-state index < -0.39 is 10.8 Å². The molecule has 1 saturated heterocycles. The van der Waals surface area contributed by atoms with Gasteiger partial charge in [-0.2, -0.15) is 11.8 Å². The Morgan fingerprint density at radius 2 is 2.09 bits per heavy atom. The SMILES string of the molecule is CCSC1CCCCN(C(=O)Nc2ccc(S(C)=O)cc2)C1. The molecule has 4 nitrogen and oxygen atoms in total. The maximum atomic E-state index is 12.4. The fourth-order valence-corrected chi connectivity index (χ4v) is 4.20. The van der Waals surface area contributed by atoms with E-state index in [-0.39, 0.29) is 6.03 Å². The van der Waals surface area contributed by atoms with Crippen LogP contribution in [0.5, 0.6) is 0 Å². The number of urea groups is 1. The van der Waals surface area contributed by atoms with Gasteiger partial charge in [0.15, 0.2) is 0 Å². The highest BCUT2D eigenvalue weighted by atomic mass is 32.2. The fourth-order valence-electron chi connectivity index (χ4n) is 2.59. The number of carbonyl (C=O) groups is 1. The lowest BCUT2D eigenvalue weighted by Crippen LogP contribution is -2.38. The molecule has 1 aromatic carbocycles. The van der Waals surface area contributed by atoms with E-state index in [9.17, 15) is 9.00 Å². The number of hydrogen-bond acceptors (Lipinski definition) is 3. The molecule has 1 aliphatic rings. The van der Waals surface area contributed by atoms with Crippen molar-refractivity contribution in [3.63, 3.8) is 0 Å². The largest absolute Gasteiger partial charge is 0.323 e. The van der Waals surface area contributed by atoms with Gasteiger partial charge in [-0.25, -0.2) is 4.79 Å². The second-order valence-corrected chi connectivity index (χ2v) is 8.38. The monoisotopic (exact) mass is 340 g/mol. The molecule has 122 valence electrons. The van der Waals surface area contributed by atoms with Crippen molar-refractivity contribution in [3.8, 4) is 0 Å². The number of rotatable bonds is 4. The lowest BCUT2D eigenvalue weighted by atomic mass is 10.2. The van der Waals surface area contributed by atoms with E-state index in [1.165, 1.54) is 12.8 Å². The van der Waals surface area contributed by atoms with Gasteiger partial charge < -0.3 is 10.2 Å². The molecule has 1 heterocycles. The average Bonchev–Trinajstić information content (AvgIpc) is 2.74. The summed E-state index contributed by atoms with van der Waals surface area (Å²) in [6.45, 7) is 3.81. The number of anilines is 1. The van der Waals surface area contributed by atoms with Crippen LogP contribution in [0.25, 0.3) is 0 Å². The number of thioether (sulfide) groups is 1. The Morgan fingerprint density at radius 1 is 1.36 bits per heavy atom. The highest BCUT2D eigenvalue weighted by Gasteiger charge is 2.21. The van der Waals surface area contributed by atoms with Gasteiger partial charge in [-0.15, -0.1) is 0 Å². The lowest BCUT2D eigenvalue weighted by molar-refractivity contribution is 0.214. The molecule has 0 bridgehead atoms. The molecule has 6 heteroatoms. The van der Waals surface area contributed by atoms with Gasteiger partial charge in [-0.3, -0.25) is 4.21 Å². The zero-order valence-electron chi connectivity index (χ0n) is 13.2. The average molecular weight is 341 g/mol. The van der Waals surface area contributed by atoms with Crippen molar-refractivity contribution in [2.45, 2.75) is 36.3 Å². The molecule has 1 aromatic rings. The summed E-state index contributed by atoms with van der Waals surface area (Å²) in [5, 5.41) is 3.49. The molecule has 1 fully saturated rings. The molecule has 0 spiro atoms. The first kappa shape index (κ1) is 17.3. The molecule has 1 aliphatic heterocycles. The second-order valence-electron chi connectivity index (χ2n) is 5.43. The van der Waals surface area contributed by atoms with Crippen LogP contribution in [0.3, 0.4) is 0 Å². The third-order valence-corrected chi connectivity index (χ3v) is 5.88. The number of nitrogens with zero attached hydrogens (tertiary/aromatic N) is 1. The lowest BCUT2D eigenvalue weighted by Gasteiger charge is -2.24. The molecular formula is C16H24N2O2S2. The summed E-state index contributed by atoms with van der Waals surface area (Å²) in [5.74, 6) is 1.09. The van der Waals surface area contributed by atoms with Crippen LogP contribution in [0.4, 0.5) is 10.5 Å². The normalized spacial score (nSPS) is 20.3. The maximum absolute atomic E-state index is 12.4. The Kier molecular flexibility index (Phi) is 6.76. The van der Waals surface area contributed by atoms with Crippen molar-refractivity contribution in [1.82, 2.24) is 4.90 Å². The second kappa shape index (κ2) is 8.58. The summed E-state index contributed by atoms with van der Waals surface area (Å²) < 4.78 is 11.4. The summed E-state index contributed by atoms with van der Waals surface area (Å²) in [6, 6.07) is 7.18. The number of carbonyl (C=O) groups excluding carboxylic acids is 1. The van der Waals surface area contributed by atoms with Crippen molar-refractivity contribution in [2.24, 2.45) is 0 Å². The van der Waals surface area contributed by atoms with Crippen LogP contribution in [0.2, 0.25) is 0 Å². The van der Waals surface area contributed by atoms with Gasteiger partial charge in [0.25, 0.3) is 0 Å². The fraction of sp³-hybridized carbons (Fsp3) is 0.562. The number of hydrogen-bond donors (Lipinski definition) is 1. The number of nitrogens with one attached hydrogen (secondary N) is 1. The quantitative estimate of drug-likeness (QED) is 0.912. The molecule has 2 atom stereocenters. The maximum Gasteiger partial charge on any atom is 0.321 e. The molecule has 2 rings (SSSR count). The van der Waals surface area contributed by atoms with Crippen molar-refractivity contribution in [2.75, 3.05) is 30.4 Å². The van der Waals surface area contributed by atoms with Crippen LogP contribution in [-0.2, 0) is 10.8 Å². The van der Waals surface area contributed by atoms with E-state index in [0.29, 0.717) is 5.25 Å². The van der Waals surface area contributed by atoms with Gasteiger partial charge >= 0.3 is 6.03 Å². The van der Waals surface area contributed by atoms with E-state index in [1.807, 2.05) is 28.8 Å². The van der Waals surface area contributed by atoms with Crippen LogP contribution >= 0.6 is 11.8 Å². The van der Waals surface area contributed by atoms with Crippen molar-refractivity contribution in [3.05, 3.63) is 24.3 Å². The predicted octanol–water partition coefficient (Wildman–Crippen LogP) is 3.56. The first-order valence-electron chi connectivity index (χ1n) is 7.71. The number of amides is 2. The summed E-state index contributed by atoms with van der Waals surface area (Å²) in [5.41, 5.74) is 0.753. The van der Waals surface area contributed by atoms with Crippen LogP contribution < -0.4 is 5.32 Å². The van der Waals surface area contributed by atoms with Gasteiger partial charge in [-0.1, -0.05) is 13.3 Å². The highest BCUT2D eigenvalue weighted by Crippen LogP contribution is 2.22. The first-order valence-corrected chi connectivity index (χ1v) is 10.3. The van der Waals surface area contributed by atoms with E-state index in [0.717, 1.165) is 35.8 Å². The molecule has 0 saturated carbocycles. The Labute approximate surface area is 139 Å². The molecule has 22 heavy (non-hydrogen) atoms. The van der Waals surface area contributed by atoms with Crippen molar-refractivity contribution in [1.29, 1.82) is 0 Å². The standard InChI is InChI=1S/C16H24N2O2S2/c1-3-21-14-6-4-5-11-18(12-14)16(19)17-13-7-9-15(10-8-13)22(2)20/h7-10,14H,3-6,11-12H2,1-2H3,(H,17,19). The third kappa shape index (κ3) is 5.02. The highest BCUT2D eigenvalue weighted by molar-refractivity contribution is 7.99. The third-order valence-electron chi connectivity index (χ3n) is 3.76. The van der Waals surface area contributed by atoms with E-state index in [4.69, 9.17) is 0 Å². The van der Waals surface area contributed by atoms with E-state index >= 15 is 0 Å². The van der Waals surface area contributed by atoms with Gasteiger partial charge in [0.05, 0.1) is 0 Å². The van der Waals surface area contributed by atoms with Crippen LogP contribution in [0.15, 0.2) is 29.2 Å².